The van der Waals surface area contributed by atoms with E-state index in [0.717, 1.165) is 39.0 Å². The van der Waals surface area contributed by atoms with E-state index in [1.807, 2.05) is 0 Å². The second kappa shape index (κ2) is 7.43. The van der Waals surface area contributed by atoms with Crippen LogP contribution in [0.25, 0.3) is 0 Å². The fourth-order valence-corrected chi connectivity index (χ4v) is 3.38. The molecule has 108 valence electrons. The van der Waals surface area contributed by atoms with Gasteiger partial charge in [0.1, 0.15) is 0 Å². The normalized spacial score (nSPS) is 30.0. The van der Waals surface area contributed by atoms with Crippen molar-refractivity contribution >= 4 is 0 Å². The molecule has 1 aliphatic carbocycles. The summed E-state index contributed by atoms with van der Waals surface area (Å²) in [6, 6.07) is 1.01. The average Bonchev–Trinajstić information content (AvgIpc) is 2.76. The van der Waals surface area contributed by atoms with Crippen LogP contribution in [-0.2, 0) is 4.74 Å². The molecule has 1 rings (SSSR count). The Kier molecular flexibility index (Phi) is 6.57. The molecule has 4 nitrogen and oxygen atoms in total. The number of rotatable bonds is 8. The van der Waals surface area contributed by atoms with Gasteiger partial charge in [0.25, 0.3) is 0 Å². The van der Waals surface area contributed by atoms with E-state index in [2.05, 4.69) is 31.0 Å². The number of aliphatic hydroxyl groups excluding tert-OH is 1. The Labute approximate surface area is 112 Å². The summed E-state index contributed by atoms with van der Waals surface area (Å²) in [5.74, 6) is 0. The number of ether oxygens (including phenoxy) is 1. The molecular formula is C14H30N2O2. The van der Waals surface area contributed by atoms with E-state index in [1.54, 1.807) is 7.11 Å². The van der Waals surface area contributed by atoms with E-state index < -0.39 is 0 Å². The molecule has 0 spiro atoms. The predicted molar refractivity (Wildman–Crippen MR) is 74.9 cm³/mol. The average molecular weight is 258 g/mol. The summed E-state index contributed by atoms with van der Waals surface area (Å²) in [4.78, 5) is 2.51. The van der Waals surface area contributed by atoms with Crippen LogP contribution in [0.5, 0.6) is 0 Å². The summed E-state index contributed by atoms with van der Waals surface area (Å²) < 4.78 is 5.27. The molecular weight excluding hydrogens is 228 g/mol. The Bertz CT molecular complexity index is 238. The van der Waals surface area contributed by atoms with Gasteiger partial charge in [-0.25, -0.2) is 0 Å². The summed E-state index contributed by atoms with van der Waals surface area (Å²) in [7, 11) is 1.76. The molecule has 0 saturated heterocycles. The van der Waals surface area contributed by atoms with Crippen molar-refractivity contribution in [3.05, 3.63) is 0 Å². The third-order valence-electron chi connectivity index (χ3n) is 4.25. The quantitative estimate of drug-likeness (QED) is 0.687. The van der Waals surface area contributed by atoms with Crippen LogP contribution in [0.1, 0.15) is 40.0 Å². The lowest BCUT2D eigenvalue weighted by Gasteiger charge is -2.35. The maximum absolute atomic E-state index is 9.66. The smallest absolute Gasteiger partial charge is 0.0615 e. The van der Waals surface area contributed by atoms with Crippen molar-refractivity contribution in [3.63, 3.8) is 0 Å². The summed E-state index contributed by atoms with van der Waals surface area (Å²) in [5.41, 5.74) is -0.0559. The number of nitrogens with zero attached hydrogens (tertiary/aromatic N) is 1. The third-order valence-corrected chi connectivity index (χ3v) is 4.25. The Balaban J connectivity index is 2.62. The summed E-state index contributed by atoms with van der Waals surface area (Å²) >= 11 is 0. The van der Waals surface area contributed by atoms with Crippen LogP contribution in [0.2, 0.25) is 0 Å². The molecule has 0 aromatic heterocycles. The van der Waals surface area contributed by atoms with E-state index in [9.17, 15) is 5.11 Å². The van der Waals surface area contributed by atoms with Crippen LogP contribution in [0.4, 0.5) is 0 Å². The number of hydrogen-bond acceptors (Lipinski definition) is 4. The van der Waals surface area contributed by atoms with Crippen molar-refractivity contribution in [1.82, 2.24) is 10.2 Å². The molecule has 3 unspecified atom stereocenters. The molecule has 0 aromatic rings. The highest BCUT2D eigenvalue weighted by molar-refractivity contribution is 4.99. The van der Waals surface area contributed by atoms with Crippen LogP contribution < -0.4 is 5.32 Å². The zero-order valence-corrected chi connectivity index (χ0v) is 12.4. The molecule has 18 heavy (non-hydrogen) atoms. The molecule has 3 atom stereocenters. The van der Waals surface area contributed by atoms with Crippen LogP contribution in [0, 0.1) is 0 Å². The fourth-order valence-electron chi connectivity index (χ4n) is 3.38. The van der Waals surface area contributed by atoms with E-state index in [1.165, 1.54) is 0 Å². The van der Waals surface area contributed by atoms with Gasteiger partial charge in [-0.15, -0.1) is 0 Å². The van der Waals surface area contributed by atoms with E-state index in [0.29, 0.717) is 12.1 Å². The first-order chi connectivity index (χ1) is 8.62. The van der Waals surface area contributed by atoms with Crippen molar-refractivity contribution in [2.45, 2.75) is 57.7 Å². The zero-order chi connectivity index (χ0) is 13.6. The van der Waals surface area contributed by atoms with Gasteiger partial charge in [0.2, 0.25) is 0 Å². The van der Waals surface area contributed by atoms with Crippen molar-refractivity contribution in [2.24, 2.45) is 0 Å². The first kappa shape index (κ1) is 15.9. The Morgan fingerprint density at radius 2 is 2.22 bits per heavy atom. The first-order valence-corrected chi connectivity index (χ1v) is 7.23. The molecule has 1 aliphatic rings. The van der Waals surface area contributed by atoms with Gasteiger partial charge in [-0.05, 0) is 39.3 Å². The minimum absolute atomic E-state index is 0.0559. The van der Waals surface area contributed by atoms with Crippen molar-refractivity contribution in [3.8, 4) is 0 Å². The number of hydrogen-bond donors (Lipinski definition) is 2. The van der Waals surface area contributed by atoms with Crippen molar-refractivity contribution < 1.29 is 9.84 Å². The van der Waals surface area contributed by atoms with Gasteiger partial charge in [0.05, 0.1) is 13.2 Å². The molecule has 2 N–H and O–H groups in total. The predicted octanol–water partition coefficient (Wildman–Crippen LogP) is 1.24. The van der Waals surface area contributed by atoms with Gasteiger partial charge in [0, 0.05) is 24.7 Å². The second-order valence-corrected chi connectivity index (χ2v) is 5.50. The molecule has 0 bridgehead atoms. The molecule has 4 heteroatoms. The Morgan fingerprint density at radius 1 is 1.50 bits per heavy atom. The zero-order valence-electron chi connectivity index (χ0n) is 12.4. The summed E-state index contributed by atoms with van der Waals surface area (Å²) in [5, 5.41) is 13.1. The Morgan fingerprint density at radius 3 is 2.72 bits per heavy atom. The first-order valence-electron chi connectivity index (χ1n) is 7.23. The van der Waals surface area contributed by atoms with Gasteiger partial charge in [0.15, 0.2) is 0 Å². The maximum atomic E-state index is 9.66. The molecule has 1 saturated carbocycles. The minimum atomic E-state index is -0.0559. The second-order valence-electron chi connectivity index (χ2n) is 5.50. The van der Waals surface area contributed by atoms with Gasteiger partial charge in [-0.1, -0.05) is 13.8 Å². The summed E-state index contributed by atoms with van der Waals surface area (Å²) in [6.07, 6.45) is 3.27. The topological polar surface area (TPSA) is 44.7 Å². The molecule has 0 heterocycles. The molecule has 0 radical (unpaired) electrons. The molecule has 0 aliphatic heterocycles. The highest BCUT2D eigenvalue weighted by atomic mass is 16.5. The van der Waals surface area contributed by atoms with E-state index >= 15 is 0 Å². The Hall–Kier alpha value is -0.160. The monoisotopic (exact) mass is 258 g/mol. The fraction of sp³-hybridized carbons (Fsp3) is 1.00. The molecule has 1 fully saturated rings. The maximum Gasteiger partial charge on any atom is 0.0615 e. The van der Waals surface area contributed by atoms with E-state index in [4.69, 9.17) is 4.74 Å². The summed E-state index contributed by atoms with van der Waals surface area (Å²) in [6.45, 7) is 9.52. The number of aliphatic hydroxyl groups is 1. The van der Waals surface area contributed by atoms with Crippen LogP contribution in [0.3, 0.4) is 0 Å². The van der Waals surface area contributed by atoms with Crippen molar-refractivity contribution in [1.29, 1.82) is 0 Å². The highest BCUT2D eigenvalue weighted by Gasteiger charge is 2.40. The largest absolute Gasteiger partial charge is 0.394 e. The van der Waals surface area contributed by atoms with Gasteiger partial charge >= 0.3 is 0 Å². The lowest BCUT2D eigenvalue weighted by molar-refractivity contribution is 0.0685. The number of nitrogens with one attached hydrogen (secondary N) is 1. The van der Waals surface area contributed by atoms with Gasteiger partial charge in [-0.3, -0.25) is 4.90 Å². The molecule has 0 amide bonds. The number of methoxy groups -OCH3 is 1. The van der Waals surface area contributed by atoms with Gasteiger partial charge < -0.3 is 15.2 Å². The van der Waals surface area contributed by atoms with Crippen LogP contribution in [-0.4, -0.2) is 61.0 Å². The minimum Gasteiger partial charge on any atom is -0.394 e. The van der Waals surface area contributed by atoms with Gasteiger partial charge in [-0.2, -0.15) is 0 Å². The third kappa shape index (κ3) is 3.67. The number of likely N-dealkylation sites (N-methyl/N-ethyl adjacent to an activating group) is 2. The highest BCUT2D eigenvalue weighted by Crippen LogP contribution is 2.33. The lowest BCUT2D eigenvalue weighted by atomic mass is 9.98. The van der Waals surface area contributed by atoms with Crippen LogP contribution >= 0.6 is 0 Å². The SMILES string of the molecule is CCNC1(CO)CCC(N(CC)C(C)COC)C1. The van der Waals surface area contributed by atoms with Crippen molar-refractivity contribution in [2.75, 3.05) is 33.4 Å². The van der Waals surface area contributed by atoms with Crippen LogP contribution in [0.15, 0.2) is 0 Å². The lowest BCUT2D eigenvalue weighted by Crippen LogP contribution is -2.49. The van der Waals surface area contributed by atoms with E-state index in [-0.39, 0.29) is 12.1 Å². The molecule has 0 aromatic carbocycles. The standard InChI is InChI=1S/C14H30N2O2/c1-5-15-14(11-17)8-7-13(9-14)16(6-2)12(3)10-18-4/h12-13,15,17H,5-11H2,1-4H3.